The van der Waals surface area contributed by atoms with Crippen molar-refractivity contribution in [1.82, 2.24) is 10.6 Å². The van der Waals surface area contributed by atoms with Crippen LogP contribution in [0.4, 0.5) is 0 Å². The minimum Gasteiger partial charge on any atom is -0.352 e. The predicted octanol–water partition coefficient (Wildman–Crippen LogP) is 0.766. The molecule has 3 nitrogen and oxygen atoms in total. The number of amides is 1. The molecule has 0 aromatic rings. The quantitative estimate of drug-likeness (QED) is 0.453. The van der Waals surface area contributed by atoms with E-state index in [-0.39, 0.29) is 11.9 Å². The first kappa shape index (κ1) is 11.8. The van der Waals surface area contributed by atoms with Crippen LogP contribution in [0.1, 0.15) is 27.7 Å². The van der Waals surface area contributed by atoms with Gasteiger partial charge >= 0.3 is 0 Å². The molecule has 0 heterocycles. The molecule has 0 aromatic heterocycles. The summed E-state index contributed by atoms with van der Waals surface area (Å²) in [6.45, 7) is 7.55. The molecular formula is C8H18N2OS. The summed E-state index contributed by atoms with van der Waals surface area (Å²) in [4.78, 5) is 11.5. The predicted molar refractivity (Wildman–Crippen MR) is 54.3 cm³/mol. The lowest BCUT2D eigenvalue weighted by Gasteiger charge is -2.25. The second kappa shape index (κ2) is 4.72. The molecule has 0 unspecified atom stereocenters. The maximum atomic E-state index is 11.5. The molecule has 0 aliphatic rings. The van der Waals surface area contributed by atoms with Gasteiger partial charge in [-0.15, -0.1) is 0 Å². The first-order chi connectivity index (χ1) is 5.40. The normalized spacial score (nSPS) is 11.8. The SMILES string of the molecule is CC(C)NC(=O)C(C)(C)NCS. The van der Waals surface area contributed by atoms with Gasteiger partial charge in [0.2, 0.25) is 5.91 Å². The van der Waals surface area contributed by atoms with E-state index in [0.717, 1.165) is 0 Å². The van der Waals surface area contributed by atoms with Crippen molar-refractivity contribution in [1.29, 1.82) is 0 Å². The van der Waals surface area contributed by atoms with Gasteiger partial charge in [-0.2, -0.15) is 12.6 Å². The highest BCUT2D eigenvalue weighted by atomic mass is 32.1. The monoisotopic (exact) mass is 190 g/mol. The van der Waals surface area contributed by atoms with E-state index in [2.05, 4.69) is 23.3 Å². The Kier molecular flexibility index (Phi) is 4.63. The van der Waals surface area contributed by atoms with E-state index in [1.807, 2.05) is 27.7 Å². The molecule has 72 valence electrons. The first-order valence-corrected chi connectivity index (χ1v) is 4.70. The fourth-order valence-corrected chi connectivity index (χ4v) is 1.12. The largest absolute Gasteiger partial charge is 0.352 e. The van der Waals surface area contributed by atoms with Gasteiger partial charge < -0.3 is 5.32 Å². The Labute approximate surface area is 79.7 Å². The number of carbonyl (C=O) groups is 1. The fraction of sp³-hybridized carbons (Fsp3) is 0.875. The minimum atomic E-state index is -0.536. The van der Waals surface area contributed by atoms with E-state index < -0.39 is 5.54 Å². The average Bonchev–Trinajstić information content (AvgIpc) is 1.85. The number of nitrogens with one attached hydrogen (secondary N) is 2. The molecule has 0 aliphatic heterocycles. The third-order valence-corrected chi connectivity index (χ3v) is 1.67. The van der Waals surface area contributed by atoms with Gasteiger partial charge in [0, 0.05) is 11.9 Å². The van der Waals surface area contributed by atoms with Crippen LogP contribution in [0.5, 0.6) is 0 Å². The Morgan fingerprint density at radius 2 is 2.00 bits per heavy atom. The molecule has 0 bridgehead atoms. The van der Waals surface area contributed by atoms with Gasteiger partial charge in [-0.1, -0.05) is 0 Å². The molecule has 0 saturated carbocycles. The summed E-state index contributed by atoms with van der Waals surface area (Å²) < 4.78 is 0. The molecule has 0 spiro atoms. The maximum absolute atomic E-state index is 11.5. The van der Waals surface area contributed by atoms with Crippen molar-refractivity contribution in [2.45, 2.75) is 39.3 Å². The molecule has 0 saturated heterocycles. The van der Waals surface area contributed by atoms with Crippen LogP contribution in [0.3, 0.4) is 0 Å². The van der Waals surface area contributed by atoms with Gasteiger partial charge in [0.25, 0.3) is 0 Å². The topological polar surface area (TPSA) is 41.1 Å². The Morgan fingerprint density at radius 3 is 2.33 bits per heavy atom. The van der Waals surface area contributed by atoms with Crippen LogP contribution in [0.25, 0.3) is 0 Å². The van der Waals surface area contributed by atoms with Crippen LogP contribution < -0.4 is 10.6 Å². The standard InChI is InChI=1S/C8H18N2OS/c1-6(2)10-7(11)8(3,4)9-5-12/h6,9,12H,5H2,1-4H3,(H,10,11). The van der Waals surface area contributed by atoms with Crippen LogP contribution in [0.2, 0.25) is 0 Å². The average molecular weight is 190 g/mol. The molecular weight excluding hydrogens is 172 g/mol. The van der Waals surface area contributed by atoms with Crippen molar-refractivity contribution in [3.05, 3.63) is 0 Å². The summed E-state index contributed by atoms with van der Waals surface area (Å²) in [5, 5.41) is 5.81. The van der Waals surface area contributed by atoms with E-state index in [1.165, 1.54) is 0 Å². The summed E-state index contributed by atoms with van der Waals surface area (Å²) in [5.74, 6) is 0.505. The summed E-state index contributed by atoms with van der Waals surface area (Å²) >= 11 is 4.01. The van der Waals surface area contributed by atoms with Crippen molar-refractivity contribution >= 4 is 18.5 Å². The van der Waals surface area contributed by atoms with E-state index >= 15 is 0 Å². The molecule has 0 aliphatic carbocycles. The molecule has 4 heteroatoms. The van der Waals surface area contributed by atoms with Crippen LogP contribution in [0, 0.1) is 0 Å². The number of carbonyl (C=O) groups excluding carboxylic acids is 1. The number of hydrogen-bond acceptors (Lipinski definition) is 3. The zero-order chi connectivity index (χ0) is 9.78. The summed E-state index contributed by atoms with van der Waals surface area (Å²) in [5.41, 5.74) is -0.536. The van der Waals surface area contributed by atoms with Gasteiger partial charge in [-0.3, -0.25) is 10.1 Å². The van der Waals surface area contributed by atoms with Gasteiger partial charge in [0.05, 0.1) is 5.54 Å². The molecule has 12 heavy (non-hydrogen) atoms. The maximum Gasteiger partial charge on any atom is 0.239 e. The Morgan fingerprint density at radius 1 is 1.50 bits per heavy atom. The summed E-state index contributed by atoms with van der Waals surface area (Å²) in [6.07, 6.45) is 0. The van der Waals surface area contributed by atoms with Crippen molar-refractivity contribution in [3.8, 4) is 0 Å². The summed E-state index contributed by atoms with van der Waals surface area (Å²) in [6, 6.07) is 0.179. The molecule has 0 aromatic carbocycles. The molecule has 0 atom stereocenters. The third kappa shape index (κ3) is 3.97. The highest BCUT2D eigenvalue weighted by molar-refractivity contribution is 7.80. The van der Waals surface area contributed by atoms with Crippen LogP contribution in [0.15, 0.2) is 0 Å². The lowest BCUT2D eigenvalue weighted by molar-refractivity contribution is -0.126. The Bertz CT molecular complexity index is 157. The van der Waals surface area contributed by atoms with Crippen LogP contribution >= 0.6 is 12.6 Å². The fourth-order valence-electron chi connectivity index (χ4n) is 0.721. The molecule has 1 amide bonds. The van der Waals surface area contributed by atoms with Crippen LogP contribution in [-0.2, 0) is 4.79 Å². The van der Waals surface area contributed by atoms with E-state index in [4.69, 9.17) is 0 Å². The van der Waals surface area contributed by atoms with E-state index in [9.17, 15) is 4.79 Å². The molecule has 0 fully saturated rings. The van der Waals surface area contributed by atoms with Gasteiger partial charge in [-0.05, 0) is 27.7 Å². The highest BCUT2D eigenvalue weighted by Gasteiger charge is 2.26. The third-order valence-electron chi connectivity index (χ3n) is 1.51. The molecule has 0 rings (SSSR count). The van der Waals surface area contributed by atoms with E-state index in [1.54, 1.807) is 0 Å². The zero-order valence-electron chi connectivity index (χ0n) is 8.14. The Hall–Kier alpha value is -0.220. The van der Waals surface area contributed by atoms with Crippen molar-refractivity contribution in [3.63, 3.8) is 0 Å². The Balaban J connectivity index is 4.06. The van der Waals surface area contributed by atoms with Crippen molar-refractivity contribution < 1.29 is 4.79 Å². The van der Waals surface area contributed by atoms with Crippen molar-refractivity contribution in [2.24, 2.45) is 0 Å². The van der Waals surface area contributed by atoms with Gasteiger partial charge in [0.1, 0.15) is 0 Å². The van der Waals surface area contributed by atoms with E-state index in [0.29, 0.717) is 5.88 Å². The van der Waals surface area contributed by atoms with Gasteiger partial charge in [-0.25, -0.2) is 0 Å². The molecule has 0 radical (unpaired) electrons. The summed E-state index contributed by atoms with van der Waals surface area (Å²) in [7, 11) is 0. The highest BCUT2D eigenvalue weighted by Crippen LogP contribution is 2.02. The number of hydrogen-bond donors (Lipinski definition) is 3. The second-order valence-corrected chi connectivity index (χ2v) is 3.90. The molecule has 2 N–H and O–H groups in total. The van der Waals surface area contributed by atoms with Gasteiger partial charge in [0.15, 0.2) is 0 Å². The first-order valence-electron chi connectivity index (χ1n) is 4.07. The van der Waals surface area contributed by atoms with Crippen LogP contribution in [-0.4, -0.2) is 23.4 Å². The minimum absolute atomic E-state index is 0.00606. The van der Waals surface area contributed by atoms with Crippen molar-refractivity contribution in [2.75, 3.05) is 5.88 Å². The zero-order valence-corrected chi connectivity index (χ0v) is 9.03. The number of thiol groups is 1. The lowest BCUT2D eigenvalue weighted by Crippen LogP contribution is -2.53. The smallest absolute Gasteiger partial charge is 0.239 e. The lowest BCUT2D eigenvalue weighted by atomic mass is 10.0. The second-order valence-electron chi connectivity index (χ2n) is 3.59. The number of rotatable bonds is 4.